The third-order valence-electron chi connectivity index (χ3n) is 2.93. The molecule has 3 amide bonds. The quantitative estimate of drug-likeness (QED) is 0.117. The van der Waals surface area contributed by atoms with Crippen LogP contribution in [0.4, 0.5) is 4.79 Å². The van der Waals surface area contributed by atoms with Crippen LogP contribution in [-0.2, 0) is 9.59 Å². The van der Waals surface area contributed by atoms with Gasteiger partial charge in [-0.25, -0.2) is 9.59 Å². The fraction of sp³-hybridized carbons (Fsp3) is 0.667. The fourth-order valence-electron chi connectivity index (χ4n) is 1.73. The second kappa shape index (κ2) is 11.1. The van der Waals surface area contributed by atoms with Crippen LogP contribution in [0.5, 0.6) is 0 Å². The van der Waals surface area contributed by atoms with Crippen molar-refractivity contribution in [3.63, 3.8) is 0 Å². The van der Waals surface area contributed by atoms with Gasteiger partial charge in [0.25, 0.3) is 0 Å². The minimum absolute atomic E-state index is 0.178. The summed E-state index contributed by atoms with van der Waals surface area (Å²) >= 11 is 0. The van der Waals surface area contributed by atoms with Gasteiger partial charge in [0.05, 0.1) is 6.04 Å². The molecule has 0 rings (SSSR count). The minimum Gasteiger partial charge on any atom is -0.480 e. The lowest BCUT2D eigenvalue weighted by atomic mass is 10.1. The summed E-state index contributed by atoms with van der Waals surface area (Å²) in [5.41, 5.74) is 15.7. The summed E-state index contributed by atoms with van der Waals surface area (Å²) < 4.78 is 0. The smallest absolute Gasteiger partial charge is 0.326 e. The minimum atomic E-state index is -1.16. The third-order valence-corrected chi connectivity index (χ3v) is 2.93. The number of carboxylic acid groups (broad SMARTS) is 1. The van der Waals surface area contributed by atoms with Crippen LogP contribution in [-0.4, -0.2) is 54.1 Å². The number of nitrogens with two attached hydrogens (primary N) is 3. The van der Waals surface area contributed by atoms with E-state index in [2.05, 4.69) is 16.0 Å². The largest absolute Gasteiger partial charge is 0.480 e. The summed E-state index contributed by atoms with van der Waals surface area (Å²) in [5.74, 6) is -1.94. The molecule has 0 bridgehead atoms. The molecule has 0 heterocycles. The van der Waals surface area contributed by atoms with Crippen LogP contribution in [0.15, 0.2) is 0 Å². The normalized spacial score (nSPS) is 12.7. The Bertz CT molecular complexity index is 430. The van der Waals surface area contributed by atoms with E-state index >= 15 is 0 Å². The SMILES string of the molecule is N=C(N)NCCC[C@H](NC(=O)[C@@H](N)CCCNC(N)=O)C(=O)O. The highest BCUT2D eigenvalue weighted by Gasteiger charge is 2.22. The number of hydrogen-bond donors (Lipinski definition) is 8. The van der Waals surface area contributed by atoms with Crippen LogP contribution in [0, 0.1) is 5.41 Å². The number of hydrogen-bond acceptors (Lipinski definition) is 5. The molecule has 0 spiro atoms. The Labute approximate surface area is 133 Å². The van der Waals surface area contributed by atoms with Crippen molar-refractivity contribution in [2.45, 2.75) is 37.8 Å². The number of carboxylic acids is 1. The highest BCUT2D eigenvalue weighted by Crippen LogP contribution is 2.00. The maximum Gasteiger partial charge on any atom is 0.326 e. The number of primary amides is 1. The number of nitrogens with one attached hydrogen (secondary N) is 4. The van der Waals surface area contributed by atoms with Gasteiger partial charge in [-0.2, -0.15) is 0 Å². The maximum atomic E-state index is 11.8. The Kier molecular flexibility index (Phi) is 9.83. The molecule has 0 aliphatic heterocycles. The lowest BCUT2D eigenvalue weighted by Crippen LogP contribution is -2.48. The van der Waals surface area contributed by atoms with Crippen LogP contribution < -0.4 is 33.2 Å². The topological polar surface area (TPSA) is 209 Å². The van der Waals surface area contributed by atoms with Gasteiger partial charge in [0.2, 0.25) is 5.91 Å². The van der Waals surface area contributed by atoms with Crippen molar-refractivity contribution in [1.29, 1.82) is 5.41 Å². The second-order valence-electron chi connectivity index (χ2n) is 4.92. The summed E-state index contributed by atoms with van der Waals surface area (Å²) in [6.07, 6.45) is 1.31. The van der Waals surface area contributed by atoms with Gasteiger partial charge in [-0.1, -0.05) is 0 Å². The number of rotatable bonds is 11. The van der Waals surface area contributed by atoms with E-state index in [1.807, 2.05) is 0 Å². The zero-order valence-corrected chi connectivity index (χ0v) is 12.8. The summed E-state index contributed by atoms with van der Waals surface area (Å²) in [7, 11) is 0. The monoisotopic (exact) mass is 331 g/mol. The van der Waals surface area contributed by atoms with Crippen LogP contribution in [0.3, 0.4) is 0 Å². The van der Waals surface area contributed by atoms with Crippen molar-refractivity contribution < 1.29 is 19.5 Å². The molecule has 0 unspecified atom stereocenters. The maximum absolute atomic E-state index is 11.8. The Balaban J connectivity index is 4.14. The molecule has 0 aromatic carbocycles. The van der Waals surface area contributed by atoms with Gasteiger partial charge < -0.3 is 38.3 Å². The molecular weight excluding hydrogens is 306 g/mol. The first-order valence-corrected chi connectivity index (χ1v) is 7.14. The van der Waals surface area contributed by atoms with E-state index in [-0.39, 0.29) is 25.3 Å². The molecule has 0 saturated heterocycles. The van der Waals surface area contributed by atoms with Gasteiger partial charge in [0, 0.05) is 13.1 Å². The molecule has 0 fully saturated rings. The van der Waals surface area contributed by atoms with E-state index in [4.69, 9.17) is 27.7 Å². The molecule has 0 aromatic heterocycles. The zero-order valence-electron chi connectivity index (χ0n) is 12.8. The first-order valence-electron chi connectivity index (χ1n) is 7.14. The first-order chi connectivity index (χ1) is 10.7. The molecule has 23 heavy (non-hydrogen) atoms. The van der Waals surface area contributed by atoms with Crippen LogP contribution in [0.1, 0.15) is 25.7 Å². The molecular formula is C12H25N7O4. The van der Waals surface area contributed by atoms with Crippen LogP contribution >= 0.6 is 0 Å². The molecule has 11 nitrogen and oxygen atoms in total. The molecule has 11 heteroatoms. The standard InChI is InChI=1S/C12H25N7O4/c13-7(3-1-6-18-12(16)23)9(20)19-8(10(21)22)4-2-5-17-11(14)15/h7-8H,1-6,13H2,(H,19,20)(H,21,22)(H4,14,15,17)(H3,16,18,23)/t7-,8-/m0/s1. The van der Waals surface area contributed by atoms with Crippen molar-refractivity contribution in [1.82, 2.24) is 16.0 Å². The lowest BCUT2D eigenvalue weighted by Gasteiger charge is -2.18. The first kappa shape index (κ1) is 20.4. The molecule has 11 N–H and O–H groups in total. The van der Waals surface area contributed by atoms with Gasteiger partial charge in [-0.05, 0) is 25.7 Å². The highest BCUT2D eigenvalue weighted by molar-refractivity contribution is 5.86. The molecule has 0 radical (unpaired) electrons. The fourth-order valence-corrected chi connectivity index (χ4v) is 1.73. The number of carbonyl (C=O) groups is 3. The van der Waals surface area contributed by atoms with Gasteiger partial charge in [-0.3, -0.25) is 10.2 Å². The summed E-state index contributed by atoms with van der Waals surface area (Å²) in [6.45, 7) is 0.620. The second-order valence-corrected chi connectivity index (χ2v) is 4.92. The molecule has 0 aliphatic rings. The Morgan fingerprint density at radius 3 is 2.13 bits per heavy atom. The molecule has 132 valence electrons. The zero-order chi connectivity index (χ0) is 17.8. The number of urea groups is 1. The molecule has 2 atom stereocenters. The van der Waals surface area contributed by atoms with Gasteiger partial charge in [0.15, 0.2) is 5.96 Å². The Hall–Kier alpha value is -2.56. The average Bonchev–Trinajstić information content (AvgIpc) is 2.45. The van der Waals surface area contributed by atoms with Crippen molar-refractivity contribution in [3.8, 4) is 0 Å². The Morgan fingerprint density at radius 2 is 1.61 bits per heavy atom. The van der Waals surface area contributed by atoms with Gasteiger partial charge >= 0.3 is 12.0 Å². The summed E-state index contributed by atoms with van der Waals surface area (Å²) in [4.78, 5) is 33.4. The summed E-state index contributed by atoms with van der Waals surface area (Å²) in [6, 6.07) is -2.60. The van der Waals surface area contributed by atoms with Crippen molar-refractivity contribution in [2.24, 2.45) is 17.2 Å². The number of carbonyl (C=O) groups excluding carboxylic acids is 2. The third kappa shape index (κ3) is 10.8. The number of guanidine groups is 1. The van der Waals surface area contributed by atoms with E-state index < -0.39 is 30.0 Å². The average molecular weight is 331 g/mol. The van der Waals surface area contributed by atoms with Gasteiger partial charge in [0.1, 0.15) is 6.04 Å². The van der Waals surface area contributed by atoms with Crippen LogP contribution in [0.25, 0.3) is 0 Å². The van der Waals surface area contributed by atoms with E-state index in [1.54, 1.807) is 0 Å². The molecule has 0 saturated carbocycles. The lowest BCUT2D eigenvalue weighted by molar-refractivity contribution is -0.142. The van der Waals surface area contributed by atoms with Crippen LogP contribution in [0.2, 0.25) is 0 Å². The van der Waals surface area contributed by atoms with E-state index in [1.165, 1.54) is 0 Å². The predicted molar refractivity (Wildman–Crippen MR) is 83.5 cm³/mol. The van der Waals surface area contributed by atoms with Gasteiger partial charge in [-0.15, -0.1) is 0 Å². The molecule has 0 aromatic rings. The number of amides is 3. The molecule has 0 aliphatic carbocycles. The van der Waals surface area contributed by atoms with Crippen molar-refractivity contribution >= 4 is 23.9 Å². The van der Waals surface area contributed by atoms with Crippen molar-refractivity contribution in [2.75, 3.05) is 13.1 Å². The van der Waals surface area contributed by atoms with Crippen molar-refractivity contribution in [3.05, 3.63) is 0 Å². The van der Waals surface area contributed by atoms with E-state index in [0.29, 0.717) is 19.4 Å². The number of aliphatic carboxylic acids is 1. The predicted octanol–water partition coefficient (Wildman–Crippen LogP) is -2.41. The summed E-state index contributed by atoms with van der Waals surface area (Å²) in [5, 5.41) is 23.3. The van der Waals surface area contributed by atoms with E-state index in [0.717, 1.165) is 0 Å². The highest BCUT2D eigenvalue weighted by atomic mass is 16.4. The Morgan fingerprint density at radius 1 is 1.04 bits per heavy atom. The van der Waals surface area contributed by atoms with E-state index in [9.17, 15) is 14.4 Å².